The highest BCUT2D eigenvalue weighted by molar-refractivity contribution is 7.52. The first-order valence-corrected chi connectivity index (χ1v) is 10.2. The SMILES string of the molecule is N#CC1c2ccccc2C=CN1P(=O)(Oc1ccccc1)Oc1ccccc1. The summed E-state index contributed by atoms with van der Waals surface area (Å²) in [5.41, 5.74) is 1.65. The van der Waals surface area contributed by atoms with Gasteiger partial charge in [-0.2, -0.15) is 5.26 Å². The second-order valence-corrected chi connectivity index (χ2v) is 7.90. The summed E-state index contributed by atoms with van der Waals surface area (Å²) in [7, 11) is -3.94. The average molecular weight is 388 g/mol. The van der Waals surface area contributed by atoms with E-state index in [4.69, 9.17) is 9.05 Å². The Kier molecular flexibility index (Phi) is 4.89. The van der Waals surface area contributed by atoms with Gasteiger partial charge in [-0.3, -0.25) is 0 Å². The number of nitriles is 1. The number of rotatable bonds is 5. The zero-order valence-corrected chi connectivity index (χ0v) is 15.8. The van der Waals surface area contributed by atoms with E-state index < -0.39 is 13.8 Å². The molecule has 138 valence electrons. The van der Waals surface area contributed by atoms with Gasteiger partial charge >= 0.3 is 7.75 Å². The molecule has 1 atom stereocenters. The van der Waals surface area contributed by atoms with E-state index in [1.807, 2.05) is 36.4 Å². The van der Waals surface area contributed by atoms with E-state index in [1.54, 1.807) is 60.8 Å². The molecule has 0 saturated carbocycles. The minimum atomic E-state index is -3.94. The van der Waals surface area contributed by atoms with Crippen molar-refractivity contribution in [1.29, 1.82) is 5.26 Å². The molecular weight excluding hydrogens is 371 g/mol. The predicted octanol–water partition coefficient (Wildman–Crippen LogP) is 5.80. The maximum atomic E-state index is 14.0. The van der Waals surface area contributed by atoms with E-state index in [-0.39, 0.29) is 0 Å². The summed E-state index contributed by atoms with van der Waals surface area (Å²) in [6, 6.07) is 26.5. The highest BCUT2D eigenvalue weighted by Gasteiger charge is 2.42. The van der Waals surface area contributed by atoms with Crippen LogP contribution in [0, 0.1) is 11.3 Å². The summed E-state index contributed by atoms with van der Waals surface area (Å²) < 4.78 is 27.0. The third-order valence-electron chi connectivity index (χ3n) is 4.30. The molecule has 3 aromatic carbocycles. The largest absolute Gasteiger partial charge is 0.545 e. The quantitative estimate of drug-likeness (QED) is 0.517. The Bertz CT molecular complexity index is 1030. The Morgan fingerprint density at radius 2 is 1.36 bits per heavy atom. The van der Waals surface area contributed by atoms with Gasteiger partial charge in [0.05, 0.1) is 6.07 Å². The second kappa shape index (κ2) is 7.64. The van der Waals surface area contributed by atoms with Gasteiger partial charge in [0.1, 0.15) is 11.5 Å². The monoisotopic (exact) mass is 388 g/mol. The van der Waals surface area contributed by atoms with Crippen molar-refractivity contribution in [3.05, 3.63) is 102 Å². The lowest BCUT2D eigenvalue weighted by molar-refractivity contribution is 0.304. The van der Waals surface area contributed by atoms with Crippen LogP contribution in [0.4, 0.5) is 0 Å². The van der Waals surface area contributed by atoms with Gasteiger partial charge in [0, 0.05) is 6.20 Å². The van der Waals surface area contributed by atoms with Gasteiger partial charge in [-0.25, -0.2) is 9.24 Å². The van der Waals surface area contributed by atoms with Gasteiger partial charge in [0.15, 0.2) is 6.04 Å². The molecule has 28 heavy (non-hydrogen) atoms. The Balaban J connectivity index is 1.77. The van der Waals surface area contributed by atoms with Crippen LogP contribution < -0.4 is 9.05 Å². The molecule has 0 saturated heterocycles. The van der Waals surface area contributed by atoms with Crippen molar-refractivity contribution >= 4 is 13.8 Å². The van der Waals surface area contributed by atoms with E-state index in [9.17, 15) is 9.83 Å². The van der Waals surface area contributed by atoms with E-state index in [1.165, 1.54) is 4.67 Å². The fourth-order valence-corrected chi connectivity index (χ4v) is 4.68. The van der Waals surface area contributed by atoms with Gasteiger partial charge in [-0.15, -0.1) is 0 Å². The van der Waals surface area contributed by atoms with Crippen LogP contribution in [0.25, 0.3) is 6.08 Å². The summed E-state index contributed by atoms with van der Waals surface area (Å²) in [4.78, 5) is 0. The molecule has 6 heteroatoms. The molecule has 1 heterocycles. The first kappa shape index (κ1) is 17.9. The Hall–Kier alpha value is -3.48. The number of nitrogens with zero attached hydrogens (tertiary/aromatic N) is 2. The smallest absolute Gasteiger partial charge is 0.400 e. The van der Waals surface area contributed by atoms with Crippen LogP contribution in [-0.4, -0.2) is 4.67 Å². The standard InChI is InChI=1S/C22H17N2O3P/c23-17-22-21-14-8-7-9-18(21)15-16-24(22)28(25,26-19-10-3-1-4-11-19)27-20-12-5-2-6-13-20/h1-16,22H. The van der Waals surface area contributed by atoms with Crippen molar-refractivity contribution in [2.45, 2.75) is 6.04 Å². The summed E-state index contributed by atoms with van der Waals surface area (Å²) in [5.74, 6) is 0.788. The minimum absolute atomic E-state index is 0.394. The number of benzene rings is 3. The van der Waals surface area contributed by atoms with Crippen molar-refractivity contribution in [3.8, 4) is 17.6 Å². The molecule has 1 aliphatic heterocycles. The number of fused-ring (bicyclic) bond motifs is 1. The van der Waals surface area contributed by atoms with Crippen LogP contribution in [0.3, 0.4) is 0 Å². The molecule has 0 radical (unpaired) electrons. The maximum absolute atomic E-state index is 14.0. The maximum Gasteiger partial charge on any atom is 0.545 e. The van der Waals surface area contributed by atoms with Crippen molar-refractivity contribution in [1.82, 2.24) is 4.67 Å². The van der Waals surface area contributed by atoms with Gasteiger partial charge in [-0.1, -0.05) is 60.7 Å². The molecule has 0 spiro atoms. The molecule has 0 amide bonds. The van der Waals surface area contributed by atoms with Crippen LogP contribution in [0.5, 0.6) is 11.5 Å². The van der Waals surface area contributed by atoms with Crippen LogP contribution in [0.1, 0.15) is 17.2 Å². The lowest BCUT2D eigenvalue weighted by Gasteiger charge is -2.34. The van der Waals surface area contributed by atoms with Gasteiger partial charge in [-0.05, 0) is 41.5 Å². The fraction of sp³-hybridized carbons (Fsp3) is 0.0455. The number of para-hydroxylation sites is 2. The van der Waals surface area contributed by atoms with Crippen molar-refractivity contribution in [2.24, 2.45) is 0 Å². The molecule has 1 aliphatic rings. The van der Waals surface area contributed by atoms with Crippen molar-refractivity contribution < 1.29 is 13.6 Å². The van der Waals surface area contributed by atoms with Gasteiger partial charge in [0.2, 0.25) is 0 Å². The van der Waals surface area contributed by atoms with E-state index in [2.05, 4.69) is 6.07 Å². The van der Waals surface area contributed by atoms with Crippen molar-refractivity contribution in [2.75, 3.05) is 0 Å². The zero-order chi connectivity index (χ0) is 19.4. The zero-order valence-electron chi connectivity index (χ0n) is 14.9. The summed E-state index contributed by atoms with van der Waals surface area (Å²) in [6.45, 7) is 0. The normalized spacial score (nSPS) is 15.4. The molecule has 0 fully saturated rings. The molecule has 1 unspecified atom stereocenters. The van der Waals surface area contributed by atoms with E-state index >= 15 is 0 Å². The molecule has 0 aromatic heterocycles. The number of hydrogen-bond donors (Lipinski definition) is 0. The molecule has 0 aliphatic carbocycles. The molecule has 4 rings (SSSR count). The highest BCUT2D eigenvalue weighted by Crippen LogP contribution is 2.57. The van der Waals surface area contributed by atoms with E-state index in [0.717, 1.165) is 11.1 Å². The first-order valence-electron chi connectivity index (χ1n) is 8.74. The predicted molar refractivity (Wildman–Crippen MR) is 107 cm³/mol. The summed E-state index contributed by atoms with van der Waals surface area (Å²) in [5, 5.41) is 9.85. The molecule has 0 N–H and O–H groups in total. The van der Waals surface area contributed by atoms with Crippen LogP contribution >= 0.6 is 7.75 Å². The van der Waals surface area contributed by atoms with Crippen LogP contribution in [0.2, 0.25) is 0 Å². The van der Waals surface area contributed by atoms with Gasteiger partial charge in [0.25, 0.3) is 0 Å². The fourth-order valence-electron chi connectivity index (χ4n) is 2.99. The third kappa shape index (κ3) is 3.51. The molecule has 0 bridgehead atoms. The van der Waals surface area contributed by atoms with E-state index in [0.29, 0.717) is 11.5 Å². The highest BCUT2D eigenvalue weighted by atomic mass is 31.2. The summed E-state index contributed by atoms with van der Waals surface area (Å²) >= 11 is 0. The average Bonchev–Trinajstić information content (AvgIpc) is 2.74. The summed E-state index contributed by atoms with van der Waals surface area (Å²) in [6.07, 6.45) is 3.40. The third-order valence-corrected chi connectivity index (χ3v) is 6.11. The van der Waals surface area contributed by atoms with Crippen molar-refractivity contribution in [3.63, 3.8) is 0 Å². The van der Waals surface area contributed by atoms with Gasteiger partial charge < -0.3 is 9.05 Å². The Morgan fingerprint density at radius 3 is 1.93 bits per heavy atom. The minimum Gasteiger partial charge on any atom is -0.400 e. The number of hydrogen-bond acceptors (Lipinski definition) is 4. The second-order valence-electron chi connectivity index (χ2n) is 6.13. The molecule has 3 aromatic rings. The lowest BCUT2D eigenvalue weighted by atomic mass is 9.99. The Labute approximate surface area is 163 Å². The molecule has 5 nitrogen and oxygen atoms in total. The Morgan fingerprint density at radius 1 is 0.821 bits per heavy atom. The van der Waals surface area contributed by atoms with Crippen LogP contribution in [0.15, 0.2) is 91.1 Å². The first-order chi connectivity index (χ1) is 13.7. The lowest BCUT2D eigenvalue weighted by Crippen LogP contribution is -2.27. The topological polar surface area (TPSA) is 62.6 Å². The van der Waals surface area contributed by atoms with Crippen LogP contribution in [-0.2, 0) is 4.57 Å². The molecular formula is C22H17N2O3P.